The molecule has 0 saturated carbocycles. The molecule has 0 fully saturated rings. The molecule has 74 valence electrons. The van der Waals surface area contributed by atoms with E-state index in [1.165, 1.54) is 5.56 Å². The zero-order valence-corrected chi connectivity index (χ0v) is 8.70. The number of nitrogens with two attached hydrogens (primary N) is 1. The lowest BCUT2D eigenvalue weighted by molar-refractivity contribution is 0.647. The van der Waals surface area contributed by atoms with Crippen LogP contribution in [0.25, 0.3) is 0 Å². The molecule has 0 radical (unpaired) electrons. The summed E-state index contributed by atoms with van der Waals surface area (Å²) in [6.45, 7) is 4.38. The molecular weight excluding hydrogens is 172 g/mol. The molecule has 0 aliphatic rings. The second kappa shape index (κ2) is 4.78. The van der Waals surface area contributed by atoms with Gasteiger partial charge < -0.3 is 5.73 Å². The summed E-state index contributed by atoms with van der Waals surface area (Å²) < 4.78 is 0. The molecule has 1 rings (SSSR count). The molecule has 0 unspecified atom stereocenters. The largest absolute Gasteiger partial charge is 0.312 e. The molecule has 2 N–H and O–H groups in total. The van der Waals surface area contributed by atoms with Crippen molar-refractivity contribution in [2.75, 3.05) is 0 Å². The van der Waals surface area contributed by atoms with Crippen LogP contribution in [-0.4, -0.2) is 0 Å². The first-order valence-corrected chi connectivity index (χ1v) is 4.87. The predicted molar refractivity (Wildman–Crippen MR) is 57.5 cm³/mol. The summed E-state index contributed by atoms with van der Waals surface area (Å²) in [6.07, 6.45) is 1.07. The van der Waals surface area contributed by atoms with Gasteiger partial charge in [0.05, 0.1) is 6.07 Å². The van der Waals surface area contributed by atoms with Crippen LogP contribution in [0.3, 0.4) is 0 Å². The fourth-order valence-electron chi connectivity index (χ4n) is 1.41. The second-order valence-corrected chi connectivity index (χ2v) is 3.95. The maximum Gasteiger partial charge on any atom is 0.118 e. The zero-order valence-electron chi connectivity index (χ0n) is 8.70. The number of benzene rings is 1. The van der Waals surface area contributed by atoms with E-state index >= 15 is 0 Å². The van der Waals surface area contributed by atoms with Gasteiger partial charge >= 0.3 is 0 Å². The van der Waals surface area contributed by atoms with Gasteiger partial charge in [0.2, 0.25) is 0 Å². The average molecular weight is 188 g/mol. The second-order valence-electron chi connectivity index (χ2n) is 3.95. The lowest BCUT2D eigenvalue weighted by atomic mass is 10.00. The van der Waals surface area contributed by atoms with Crippen molar-refractivity contribution in [2.24, 2.45) is 11.7 Å². The van der Waals surface area contributed by atoms with Gasteiger partial charge in [0, 0.05) is 0 Å². The number of nitriles is 1. The van der Waals surface area contributed by atoms with Crippen LogP contribution >= 0.6 is 0 Å². The highest BCUT2D eigenvalue weighted by molar-refractivity contribution is 5.27. The van der Waals surface area contributed by atoms with Gasteiger partial charge in [-0.25, -0.2) is 0 Å². The molecule has 1 aromatic rings. The number of hydrogen-bond acceptors (Lipinski definition) is 2. The number of hydrogen-bond donors (Lipinski definition) is 1. The van der Waals surface area contributed by atoms with E-state index in [9.17, 15) is 0 Å². The molecule has 0 aliphatic heterocycles. The Kier molecular flexibility index (Phi) is 3.67. The third-order valence-electron chi connectivity index (χ3n) is 2.12. The van der Waals surface area contributed by atoms with Gasteiger partial charge in [0.1, 0.15) is 6.04 Å². The standard InChI is InChI=1S/C12H16N2/c1-9(2)7-10-3-5-11(6-4-10)12(14)8-13/h3-6,9,12H,7,14H2,1-2H3/t12-/m0/s1. The molecule has 1 aromatic carbocycles. The lowest BCUT2D eigenvalue weighted by Crippen LogP contribution is -2.07. The summed E-state index contributed by atoms with van der Waals surface area (Å²) in [7, 11) is 0. The minimum atomic E-state index is -0.497. The first-order valence-electron chi connectivity index (χ1n) is 4.87. The van der Waals surface area contributed by atoms with Crippen molar-refractivity contribution < 1.29 is 0 Å². The average Bonchev–Trinajstić information content (AvgIpc) is 2.17. The fraction of sp³-hybridized carbons (Fsp3) is 0.417. The van der Waals surface area contributed by atoms with Crippen LogP contribution in [0.4, 0.5) is 0 Å². The van der Waals surface area contributed by atoms with Crippen molar-refractivity contribution in [2.45, 2.75) is 26.3 Å². The summed E-state index contributed by atoms with van der Waals surface area (Å²) in [5, 5.41) is 8.63. The fourth-order valence-corrected chi connectivity index (χ4v) is 1.41. The van der Waals surface area contributed by atoms with E-state index < -0.39 is 6.04 Å². The van der Waals surface area contributed by atoms with E-state index in [0.29, 0.717) is 5.92 Å². The highest BCUT2D eigenvalue weighted by Gasteiger charge is 2.03. The monoisotopic (exact) mass is 188 g/mol. The minimum Gasteiger partial charge on any atom is -0.312 e. The Bertz CT molecular complexity index is 319. The number of nitrogens with zero attached hydrogens (tertiary/aromatic N) is 1. The maximum absolute atomic E-state index is 8.63. The van der Waals surface area contributed by atoms with E-state index in [0.717, 1.165) is 12.0 Å². The van der Waals surface area contributed by atoms with Crippen molar-refractivity contribution in [1.82, 2.24) is 0 Å². The van der Waals surface area contributed by atoms with Crippen LogP contribution in [0, 0.1) is 17.2 Å². The highest BCUT2D eigenvalue weighted by Crippen LogP contribution is 2.13. The summed E-state index contributed by atoms with van der Waals surface area (Å²) in [5.41, 5.74) is 7.77. The Hall–Kier alpha value is -1.33. The topological polar surface area (TPSA) is 49.8 Å². The predicted octanol–water partition coefficient (Wildman–Crippen LogP) is 2.41. The molecule has 14 heavy (non-hydrogen) atoms. The molecule has 0 bridgehead atoms. The van der Waals surface area contributed by atoms with E-state index in [1.54, 1.807) is 0 Å². The molecule has 2 nitrogen and oxygen atoms in total. The summed E-state index contributed by atoms with van der Waals surface area (Å²) in [4.78, 5) is 0. The molecule has 0 saturated heterocycles. The molecule has 0 amide bonds. The SMILES string of the molecule is CC(C)Cc1ccc([C@@H](N)C#N)cc1. The lowest BCUT2D eigenvalue weighted by Gasteiger charge is -2.07. The third-order valence-corrected chi connectivity index (χ3v) is 2.12. The first kappa shape index (κ1) is 10.7. The van der Waals surface area contributed by atoms with Crippen LogP contribution in [0.5, 0.6) is 0 Å². The van der Waals surface area contributed by atoms with E-state index in [1.807, 2.05) is 30.3 Å². The van der Waals surface area contributed by atoms with Gasteiger partial charge in [0.15, 0.2) is 0 Å². The van der Waals surface area contributed by atoms with Crippen LogP contribution in [-0.2, 0) is 6.42 Å². The maximum atomic E-state index is 8.63. The van der Waals surface area contributed by atoms with Crippen LogP contribution in [0.1, 0.15) is 31.0 Å². The highest BCUT2D eigenvalue weighted by atomic mass is 14.6. The Balaban J connectivity index is 2.74. The van der Waals surface area contributed by atoms with Gasteiger partial charge in [0.25, 0.3) is 0 Å². The van der Waals surface area contributed by atoms with Crippen LogP contribution < -0.4 is 5.73 Å². The van der Waals surface area contributed by atoms with E-state index in [-0.39, 0.29) is 0 Å². The molecule has 0 aliphatic carbocycles. The summed E-state index contributed by atoms with van der Waals surface area (Å²) >= 11 is 0. The zero-order chi connectivity index (χ0) is 10.6. The van der Waals surface area contributed by atoms with Gasteiger partial charge in [-0.05, 0) is 23.5 Å². The molecule has 2 heteroatoms. The van der Waals surface area contributed by atoms with Gasteiger partial charge in [-0.3, -0.25) is 0 Å². The summed E-state index contributed by atoms with van der Waals surface area (Å²) in [5.74, 6) is 0.658. The van der Waals surface area contributed by atoms with Crippen molar-refractivity contribution in [3.63, 3.8) is 0 Å². The summed E-state index contributed by atoms with van der Waals surface area (Å²) in [6, 6.07) is 9.49. The van der Waals surface area contributed by atoms with Crippen LogP contribution in [0.15, 0.2) is 24.3 Å². The minimum absolute atomic E-state index is 0.497. The van der Waals surface area contributed by atoms with Gasteiger partial charge in [-0.2, -0.15) is 5.26 Å². The van der Waals surface area contributed by atoms with Crippen molar-refractivity contribution in [3.8, 4) is 6.07 Å². The third kappa shape index (κ3) is 2.86. The molecular formula is C12H16N2. The Morgan fingerprint density at radius 1 is 1.29 bits per heavy atom. The number of rotatable bonds is 3. The van der Waals surface area contributed by atoms with Crippen LogP contribution in [0.2, 0.25) is 0 Å². The van der Waals surface area contributed by atoms with Crippen molar-refractivity contribution in [3.05, 3.63) is 35.4 Å². The molecule has 1 atom stereocenters. The van der Waals surface area contributed by atoms with E-state index in [4.69, 9.17) is 11.0 Å². The Morgan fingerprint density at radius 3 is 2.29 bits per heavy atom. The van der Waals surface area contributed by atoms with E-state index in [2.05, 4.69) is 13.8 Å². The molecule has 0 spiro atoms. The quantitative estimate of drug-likeness (QED) is 0.791. The molecule has 0 heterocycles. The Labute approximate surface area is 85.4 Å². The molecule has 0 aromatic heterocycles. The van der Waals surface area contributed by atoms with Gasteiger partial charge in [-0.15, -0.1) is 0 Å². The van der Waals surface area contributed by atoms with Crippen molar-refractivity contribution >= 4 is 0 Å². The smallest absolute Gasteiger partial charge is 0.118 e. The van der Waals surface area contributed by atoms with Crippen molar-refractivity contribution in [1.29, 1.82) is 5.26 Å². The Morgan fingerprint density at radius 2 is 1.86 bits per heavy atom. The normalized spacial score (nSPS) is 12.5. The van der Waals surface area contributed by atoms with Gasteiger partial charge in [-0.1, -0.05) is 38.1 Å². The first-order chi connectivity index (χ1) is 6.63.